The van der Waals surface area contributed by atoms with Crippen LogP contribution < -0.4 is 9.46 Å². The van der Waals surface area contributed by atoms with Crippen molar-refractivity contribution >= 4 is 45.2 Å². The largest absolute Gasteiger partial charge is 0.456 e. The number of nitrogens with one attached hydrogen (secondary N) is 1. The number of sulfonamides is 1. The highest BCUT2D eigenvalue weighted by atomic mass is 35.5. The predicted octanol–water partition coefficient (Wildman–Crippen LogP) is 4.41. The quantitative estimate of drug-likeness (QED) is 0.732. The van der Waals surface area contributed by atoms with Crippen molar-refractivity contribution in [2.24, 2.45) is 9.98 Å². The normalized spacial score (nSPS) is 15.4. The summed E-state index contributed by atoms with van der Waals surface area (Å²) in [4.78, 5) is 11.1. The van der Waals surface area contributed by atoms with Crippen molar-refractivity contribution in [3.63, 3.8) is 0 Å². The van der Waals surface area contributed by atoms with Gasteiger partial charge in [0.2, 0.25) is 10.0 Å². The van der Waals surface area contributed by atoms with Gasteiger partial charge in [-0.2, -0.15) is 0 Å². The molecule has 2 heterocycles. The number of aliphatic imine (C=N–C) groups is 2. The third-order valence-electron chi connectivity index (χ3n) is 4.57. The molecule has 9 heteroatoms. The van der Waals surface area contributed by atoms with Gasteiger partial charge in [-0.05, 0) is 43.2 Å². The first kappa shape index (κ1) is 19.7. The standard InChI is InChI=1S/C20H21ClN4O3S/c1-2-11-29(26,27)24-17-5-3-6-18(19(17)21)28-14-7-8-16-15(12-14)20-22-9-4-10-25(20)13-23-16/h3,5-8,12-13,24H,2,4,9-11H2,1H3. The zero-order valence-corrected chi connectivity index (χ0v) is 17.5. The van der Waals surface area contributed by atoms with Crippen LogP contribution in [0.3, 0.4) is 0 Å². The molecule has 0 fully saturated rings. The van der Waals surface area contributed by atoms with Crippen LogP contribution in [0, 0.1) is 0 Å². The Kier molecular flexibility index (Phi) is 5.47. The Morgan fingerprint density at radius 2 is 2.14 bits per heavy atom. The number of ether oxygens (including phenoxy) is 1. The topological polar surface area (TPSA) is 83.4 Å². The summed E-state index contributed by atoms with van der Waals surface area (Å²) >= 11 is 6.41. The predicted molar refractivity (Wildman–Crippen MR) is 117 cm³/mol. The van der Waals surface area contributed by atoms with E-state index in [9.17, 15) is 8.42 Å². The van der Waals surface area contributed by atoms with Gasteiger partial charge in [0.05, 0.1) is 23.5 Å². The fourth-order valence-corrected chi connectivity index (χ4v) is 4.67. The number of rotatable bonds is 6. The summed E-state index contributed by atoms with van der Waals surface area (Å²) in [6, 6.07) is 10.6. The molecule has 0 spiro atoms. The van der Waals surface area contributed by atoms with Crippen LogP contribution in [-0.4, -0.2) is 44.3 Å². The maximum Gasteiger partial charge on any atom is 0.232 e. The van der Waals surface area contributed by atoms with Gasteiger partial charge >= 0.3 is 0 Å². The molecule has 2 aliphatic heterocycles. The molecule has 1 N–H and O–H groups in total. The molecule has 0 atom stereocenters. The molecule has 0 aromatic heterocycles. The molecule has 0 saturated carbocycles. The minimum atomic E-state index is -3.45. The molecular weight excluding hydrogens is 412 g/mol. The Morgan fingerprint density at radius 3 is 2.97 bits per heavy atom. The van der Waals surface area contributed by atoms with Crippen LogP contribution >= 0.6 is 11.6 Å². The summed E-state index contributed by atoms with van der Waals surface area (Å²) < 4.78 is 32.6. The van der Waals surface area contributed by atoms with Crippen LogP contribution in [0.2, 0.25) is 5.02 Å². The highest BCUT2D eigenvalue weighted by molar-refractivity contribution is 7.92. The van der Waals surface area contributed by atoms with Crippen LogP contribution in [0.15, 0.2) is 46.4 Å². The maximum absolute atomic E-state index is 12.1. The van der Waals surface area contributed by atoms with Gasteiger partial charge in [-0.25, -0.2) is 13.4 Å². The first-order valence-corrected chi connectivity index (χ1v) is 11.5. The Balaban J connectivity index is 1.62. The van der Waals surface area contributed by atoms with Gasteiger partial charge in [0.1, 0.15) is 22.4 Å². The lowest BCUT2D eigenvalue weighted by Gasteiger charge is -2.29. The average molecular weight is 433 g/mol. The van der Waals surface area contributed by atoms with Crippen molar-refractivity contribution in [2.45, 2.75) is 19.8 Å². The van der Waals surface area contributed by atoms with Gasteiger partial charge in [0.25, 0.3) is 0 Å². The van der Waals surface area contributed by atoms with E-state index in [1.165, 1.54) is 0 Å². The number of benzene rings is 2. The fraction of sp³-hybridized carbons (Fsp3) is 0.300. The zero-order chi connectivity index (χ0) is 20.4. The van der Waals surface area contributed by atoms with E-state index in [1.54, 1.807) is 31.2 Å². The van der Waals surface area contributed by atoms with E-state index >= 15 is 0 Å². The van der Waals surface area contributed by atoms with Crippen LogP contribution in [0.25, 0.3) is 0 Å². The van der Waals surface area contributed by atoms with E-state index in [-0.39, 0.29) is 10.8 Å². The Bertz CT molecular complexity index is 1100. The van der Waals surface area contributed by atoms with E-state index in [2.05, 4.69) is 14.7 Å². The Hall–Kier alpha value is -2.58. The zero-order valence-electron chi connectivity index (χ0n) is 15.9. The van der Waals surface area contributed by atoms with Gasteiger partial charge in [0, 0.05) is 18.7 Å². The third-order valence-corrected chi connectivity index (χ3v) is 6.43. The number of halogens is 1. The smallest absolute Gasteiger partial charge is 0.232 e. The molecule has 0 bridgehead atoms. The highest BCUT2D eigenvalue weighted by Crippen LogP contribution is 2.37. The molecule has 29 heavy (non-hydrogen) atoms. The van der Waals surface area contributed by atoms with Crippen molar-refractivity contribution in [1.29, 1.82) is 0 Å². The van der Waals surface area contributed by atoms with Gasteiger partial charge in [-0.1, -0.05) is 24.6 Å². The summed E-state index contributed by atoms with van der Waals surface area (Å²) in [7, 11) is -3.45. The van der Waals surface area contributed by atoms with Crippen molar-refractivity contribution in [3.8, 4) is 11.5 Å². The number of hydrogen-bond donors (Lipinski definition) is 1. The van der Waals surface area contributed by atoms with Gasteiger partial charge in [-0.15, -0.1) is 0 Å². The van der Waals surface area contributed by atoms with E-state index in [0.717, 1.165) is 36.6 Å². The minimum absolute atomic E-state index is 0.0262. The molecule has 2 aromatic carbocycles. The second kappa shape index (κ2) is 8.04. The van der Waals surface area contributed by atoms with Gasteiger partial charge in [-0.3, -0.25) is 9.71 Å². The highest BCUT2D eigenvalue weighted by Gasteiger charge is 2.23. The van der Waals surface area contributed by atoms with Crippen molar-refractivity contribution in [1.82, 2.24) is 4.90 Å². The van der Waals surface area contributed by atoms with E-state index in [4.69, 9.17) is 16.3 Å². The summed E-state index contributed by atoms with van der Waals surface area (Å²) in [5.41, 5.74) is 2.03. The first-order valence-electron chi connectivity index (χ1n) is 9.43. The molecule has 0 aliphatic carbocycles. The lowest BCUT2D eigenvalue weighted by atomic mass is 10.1. The number of amidine groups is 1. The van der Waals surface area contributed by atoms with Gasteiger partial charge in [0.15, 0.2) is 0 Å². The molecule has 0 unspecified atom stereocenters. The lowest BCUT2D eigenvalue weighted by Crippen LogP contribution is -2.36. The van der Waals surface area contributed by atoms with Crippen LogP contribution in [0.4, 0.5) is 11.4 Å². The van der Waals surface area contributed by atoms with E-state index in [1.807, 2.05) is 23.4 Å². The molecule has 0 radical (unpaired) electrons. The molecule has 0 amide bonds. The molecule has 4 rings (SSSR count). The number of fused-ring (bicyclic) bond motifs is 3. The number of nitrogens with zero attached hydrogens (tertiary/aromatic N) is 3. The number of anilines is 1. The fourth-order valence-electron chi connectivity index (χ4n) is 3.26. The second-order valence-corrected chi connectivity index (χ2v) is 9.04. The van der Waals surface area contributed by atoms with Crippen molar-refractivity contribution in [3.05, 3.63) is 47.0 Å². The summed E-state index contributed by atoms with van der Waals surface area (Å²) in [5, 5.41) is 0.208. The molecule has 0 saturated heterocycles. The van der Waals surface area contributed by atoms with Crippen LogP contribution in [0.1, 0.15) is 25.3 Å². The van der Waals surface area contributed by atoms with Crippen LogP contribution in [-0.2, 0) is 10.0 Å². The SMILES string of the molecule is CCCS(=O)(=O)Nc1cccc(Oc2ccc3c(c2)C2=NCCCN2C=N3)c1Cl. The molecular formula is C20H21ClN4O3S. The van der Waals surface area contributed by atoms with Gasteiger partial charge < -0.3 is 9.64 Å². The van der Waals surface area contributed by atoms with Crippen molar-refractivity contribution < 1.29 is 13.2 Å². The molecule has 2 aromatic rings. The Labute approximate surface area is 175 Å². The minimum Gasteiger partial charge on any atom is -0.456 e. The Morgan fingerprint density at radius 1 is 1.28 bits per heavy atom. The van der Waals surface area contributed by atoms with Crippen LogP contribution in [0.5, 0.6) is 11.5 Å². The second-order valence-electron chi connectivity index (χ2n) is 6.82. The molecule has 7 nitrogen and oxygen atoms in total. The maximum atomic E-state index is 12.1. The first-order chi connectivity index (χ1) is 14.0. The third kappa shape index (κ3) is 4.23. The van der Waals surface area contributed by atoms with Crippen molar-refractivity contribution in [2.75, 3.05) is 23.6 Å². The summed E-state index contributed by atoms with van der Waals surface area (Å²) in [6.45, 7) is 3.48. The monoisotopic (exact) mass is 432 g/mol. The lowest BCUT2D eigenvalue weighted by molar-refractivity contribution is 0.482. The summed E-state index contributed by atoms with van der Waals surface area (Å²) in [6.07, 6.45) is 3.32. The summed E-state index contributed by atoms with van der Waals surface area (Å²) in [5.74, 6) is 1.85. The molecule has 152 valence electrons. The molecule has 2 aliphatic rings. The van der Waals surface area contributed by atoms with E-state index in [0.29, 0.717) is 23.6 Å². The van der Waals surface area contributed by atoms with E-state index < -0.39 is 10.0 Å². The number of hydrogen-bond acceptors (Lipinski definition) is 6. The average Bonchev–Trinajstić information content (AvgIpc) is 2.70.